The number of nitrogens with zero attached hydrogens (tertiary/aromatic N) is 4. The van der Waals surface area contributed by atoms with Gasteiger partial charge >= 0.3 is 0 Å². The van der Waals surface area contributed by atoms with Crippen LogP contribution in [0.15, 0.2) is 54.6 Å². The predicted octanol–water partition coefficient (Wildman–Crippen LogP) is 5.93. The van der Waals surface area contributed by atoms with Crippen LogP contribution in [0.1, 0.15) is 64.5 Å². The first kappa shape index (κ1) is 33.0. The first-order chi connectivity index (χ1) is 21.2. The summed E-state index contributed by atoms with van der Waals surface area (Å²) in [5.41, 5.74) is 2.59. The van der Waals surface area contributed by atoms with Crippen LogP contribution in [0.2, 0.25) is 0 Å². The summed E-state index contributed by atoms with van der Waals surface area (Å²) in [6, 6.07) is 20.2. The van der Waals surface area contributed by atoms with E-state index in [-0.39, 0.29) is 0 Å². The second-order valence-electron chi connectivity index (χ2n) is 14.1. The molecule has 3 saturated heterocycles. The van der Waals surface area contributed by atoms with Gasteiger partial charge in [-0.05, 0) is 105 Å². The zero-order valence-corrected chi connectivity index (χ0v) is 28.8. The number of rotatable bonds is 14. The van der Waals surface area contributed by atoms with Crippen molar-refractivity contribution in [3.05, 3.63) is 65.7 Å². The standard InChI is InChI=1S/C36H53N5OS2/c1-26(2)19-31-22-37-35(43)40(31)24-30-11-8-17-38(30)23-32(20-27(3)4)41-25-33(21-29-12-14-34(42)15-13-29)39(36(41)44)18-16-28-9-6-5-7-10-28/h5-7,9-10,12-15,26-27,30-33,42H,8,11,16-25H2,1-4H3,(H,37,43)/t30-,31+,32+,33+/m1/s1. The van der Waals surface area contributed by atoms with Crippen LogP contribution >= 0.6 is 24.4 Å². The topological polar surface area (TPSA) is 45.2 Å². The van der Waals surface area contributed by atoms with Crippen molar-refractivity contribution in [3.63, 3.8) is 0 Å². The highest BCUT2D eigenvalue weighted by Gasteiger charge is 2.40. The highest BCUT2D eigenvalue weighted by molar-refractivity contribution is 7.80. The quantitative estimate of drug-likeness (QED) is 0.248. The maximum Gasteiger partial charge on any atom is 0.172 e. The molecule has 2 aromatic carbocycles. The summed E-state index contributed by atoms with van der Waals surface area (Å²) >= 11 is 12.1. The molecule has 2 aromatic rings. The van der Waals surface area contributed by atoms with E-state index in [0.29, 0.717) is 41.8 Å². The van der Waals surface area contributed by atoms with Gasteiger partial charge in [0.25, 0.3) is 0 Å². The van der Waals surface area contributed by atoms with Gasteiger partial charge in [0, 0.05) is 50.8 Å². The van der Waals surface area contributed by atoms with Crippen molar-refractivity contribution in [3.8, 4) is 5.75 Å². The first-order valence-electron chi connectivity index (χ1n) is 16.9. The molecule has 0 radical (unpaired) electrons. The van der Waals surface area contributed by atoms with Crippen molar-refractivity contribution in [2.45, 2.75) is 90.4 Å². The summed E-state index contributed by atoms with van der Waals surface area (Å²) in [5.74, 6) is 1.57. The monoisotopic (exact) mass is 635 g/mol. The lowest BCUT2D eigenvalue weighted by molar-refractivity contribution is 0.147. The van der Waals surface area contributed by atoms with Crippen LogP contribution in [-0.4, -0.2) is 98.4 Å². The Hall–Kier alpha value is -2.42. The van der Waals surface area contributed by atoms with Gasteiger partial charge in [0.05, 0.1) is 6.04 Å². The number of phenols is 1. The van der Waals surface area contributed by atoms with Crippen LogP contribution in [0.4, 0.5) is 0 Å². The minimum Gasteiger partial charge on any atom is -0.508 e. The minimum absolute atomic E-state index is 0.310. The van der Waals surface area contributed by atoms with Crippen molar-refractivity contribution >= 4 is 34.7 Å². The highest BCUT2D eigenvalue weighted by atomic mass is 32.1. The van der Waals surface area contributed by atoms with E-state index in [1.165, 1.54) is 30.4 Å². The zero-order valence-electron chi connectivity index (χ0n) is 27.2. The maximum absolute atomic E-state index is 9.88. The predicted molar refractivity (Wildman–Crippen MR) is 190 cm³/mol. The first-order valence-corrected chi connectivity index (χ1v) is 17.7. The zero-order chi connectivity index (χ0) is 31.2. The van der Waals surface area contributed by atoms with Gasteiger partial charge in [-0.1, -0.05) is 70.2 Å². The number of benzene rings is 2. The van der Waals surface area contributed by atoms with E-state index in [9.17, 15) is 5.11 Å². The summed E-state index contributed by atoms with van der Waals surface area (Å²) in [6.45, 7) is 15.4. The number of aromatic hydroxyl groups is 1. The lowest BCUT2D eigenvalue weighted by atomic mass is 10.0. The molecule has 6 nitrogen and oxygen atoms in total. The Morgan fingerprint density at radius 2 is 1.64 bits per heavy atom. The van der Waals surface area contributed by atoms with Crippen LogP contribution in [0.25, 0.3) is 0 Å². The molecule has 8 heteroatoms. The van der Waals surface area contributed by atoms with E-state index in [0.717, 1.165) is 68.8 Å². The molecule has 0 aromatic heterocycles. The fourth-order valence-corrected chi connectivity index (χ4v) is 8.31. The number of hydrogen-bond acceptors (Lipinski definition) is 4. The third-order valence-electron chi connectivity index (χ3n) is 9.70. The summed E-state index contributed by atoms with van der Waals surface area (Å²) in [4.78, 5) is 10.3. The Labute approximate surface area is 276 Å². The fraction of sp³-hybridized carbons (Fsp3) is 0.611. The van der Waals surface area contributed by atoms with Gasteiger partial charge in [0.15, 0.2) is 10.2 Å². The van der Waals surface area contributed by atoms with Gasteiger partial charge in [-0.15, -0.1) is 0 Å². The molecule has 0 saturated carbocycles. The van der Waals surface area contributed by atoms with Gasteiger partial charge in [-0.25, -0.2) is 0 Å². The minimum atomic E-state index is 0.310. The maximum atomic E-state index is 9.88. The Kier molecular flexibility index (Phi) is 11.4. The average molecular weight is 636 g/mol. The van der Waals surface area contributed by atoms with Crippen molar-refractivity contribution in [1.82, 2.24) is 24.9 Å². The second kappa shape index (κ2) is 15.2. The molecule has 0 aliphatic carbocycles. The molecule has 2 N–H and O–H groups in total. The Morgan fingerprint density at radius 3 is 2.34 bits per heavy atom. The van der Waals surface area contributed by atoms with E-state index in [2.05, 4.69) is 95.1 Å². The molecule has 3 fully saturated rings. The molecule has 3 aliphatic rings. The lowest BCUT2D eigenvalue weighted by Gasteiger charge is -2.38. The van der Waals surface area contributed by atoms with E-state index in [4.69, 9.17) is 24.4 Å². The Morgan fingerprint density at radius 1 is 0.886 bits per heavy atom. The Balaban J connectivity index is 1.32. The summed E-state index contributed by atoms with van der Waals surface area (Å²) in [5, 5.41) is 15.3. The van der Waals surface area contributed by atoms with Gasteiger partial charge < -0.3 is 25.1 Å². The molecule has 44 heavy (non-hydrogen) atoms. The number of thiocarbonyl (C=S) groups is 2. The van der Waals surface area contributed by atoms with Crippen LogP contribution in [-0.2, 0) is 12.8 Å². The van der Waals surface area contributed by atoms with Crippen molar-refractivity contribution < 1.29 is 5.11 Å². The SMILES string of the molecule is CC(C)C[C@H]1CNC(=S)N1C[C@H]1CCCN1C[C@H](CC(C)C)N1C[C@H](Cc2ccc(O)cc2)N(CCc2ccccc2)C1=S. The van der Waals surface area contributed by atoms with Crippen LogP contribution in [0.3, 0.4) is 0 Å². The molecular formula is C36H53N5OS2. The fourth-order valence-electron chi connectivity index (χ4n) is 7.54. The molecule has 0 bridgehead atoms. The lowest BCUT2D eigenvalue weighted by Crippen LogP contribution is -2.51. The van der Waals surface area contributed by atoms with Gasteiger partial charge in [-0.2, -0.15) is 0 Å². The number of likely N-dealkylation sites (tertiary alicyclic amines) is 1. The average Bonchev–Trinajstić information content (AvgIpc) is 3.66. The van der Waals surface area contributed by atoms with E-state index in [1.807, 2.05) is 0 Å². The molecule has 5 rings (SSSR count). The molecular weight excluding hydrogens is 583 g/mol. The van der Waals surface area contributed by atoms with Crippen molar-refractivity contribution in [2.24, 2.45) is 11.8 Å². The number of phenolic OH excluding ortho intramolecular Hbond substituents is 1. The molecule has 3 aliphatic heterocycles. The smallest absolute Gasteiger partial charge is 0.172 e. The van der Waals surface area contributed by atoms with Crippen LogP contribution in [0, 0.1) is 11.8 Å². The summed E-state index contributed by atoms with van der Waals surface area (Å²) in [7, 11) is 0. The Bertz CT molecular complexity index is 1220. The third kappa shape index (κ3) is 8.43. The molecule has 4 atom stereocenters. The summed E-state index contributed by atoms with van der Waals surface area (Å²) < 4.78 is 0. The van der Waals surface area contributed by atoms with Gasteiger partial charge in [-0.3, -0.25) is 4.90 Å². The van der Waals surface area contributed by atoms with E-state index >= 15 is 0 Å². The third-order valence-corrected chi connectivity index (χ3v) is 10.5. The van der Waals surface area contributed by atoms with Gasteiger partial charge in [0.2, 0.25) is 0 Å². The molecule has 0 spiro atoms. The van der Waals surface area contributed by atoms with Crippen molar-refractivity contribution in [2.75, 3.05) is 39.3 Å². The molecule has 240 valence electrons. The highest BCUT2D eigenvalue weighted by Crippen LogP contribution is 2.29. The van der Waals surface area contributed by atoms with Crippen molar-refractivity contribution in [1.29, 1.82) is 0 Å². The number of hydrogen-bond donors (Lipinski definition) is 2. The largest absolute Gasteiger partial charge is 0.508 e. The van der Waals surface area contributed by atoms with E-state index < -0.39 is 0 Å². The van der Waals surface area contributed by atoms with Crippen LogP contribution < -0.4 is 5.32 Å². The normalized spacial score (nSPS) is 23.4. The molecule has 3 heterocycles. The second-order valence-corrected chi connectivity index (χ2v) is 14.8. The molecule has 0 amide bonds. The number of nitrogens with one attached hydrogen (secondary N) is 1. The van der Waals surface area contributed by atoms with E-state index in [1.54, 1.807) is 12.1 Å². The van der Waals surface area contributed by atoms with Gasteiger partial charge in [0.1, 0.15) is 5.75 Å². The molecule has 0 unspecified atom stereocenters. The summed E-state index contributed by atoms with van der Waals surface area (Å²) in [6.07, 6.45) is 6.69. The van der Waals surface area contributed by atoms with Crippen LogP contribution in [0.5, 0.6) is 5.75 Å².